The fourth-order valence-electron chi connectivity index (χ4n) is 2.52. The Morgan fingerprint density at radius 3 is 2.88 bits per heavy atom. The van der Waals surface area contributed by atoms with Gasteiger partial charge in [-0.25, -0.2) is 0 Å². The predicted octanol–water partition coefficient (Wildman–Crippen LogP) is 2.27. The largest absolute Gasteiger partial charge is 0.422 e. The van der Waals surface area contributed by atoms with Crippen molar-refractivity contribution in [1.29, 1.82) is 5.26 Å². The number of aromatic nitrogens is 2. The van der Waals surface area contributed by atoms with E-state index in [9.17, 15) is 10.1 Å². The summed E-state index contributed by atoms with van der Waals surface area (Å²) >= 11 is 1.33. The number of nitriles is 1. The Bertz CT molecular complexity index is 912. The molecule has 1 aliphatic rings. The molecule has 3 N–H and O–H groups in total. The molecule has 0 saturated heterocycles. The van der Waals surface area contributed by atoms with Gasteiger partial charge in [0.1, 0.15) is 11.6 Å². The van der Waals surface area contributed by atoms with Crippen LogP contribution < -0.4 is 16.0 Å². The number of aromatic amines is 1. The minimum atomic E-state index is -0.602. The van der Waals surface area contributed by atoms with Gasteiger partial charge in [0.05, 0.1) is 11.5 Å². The molecule has 0 unspecified atom stereocenters. The van der Waals surface area contributed by atoms with Crippen molar-refractivity contribution >= 4 is 11.8 Å². The van der Waals surface area contributed by atoms with Gasteiger partial charge in [0.15, 0.2) is 5.16 Å². The highest BCUT2D eigenvalue weighted by Crippen LogP contribution is 2.39. The molecular weight excluding hydrogens is 324 g/mol. The Balaban J connectivity index is 2.19. The average molecular weight is 338 g/mol. The molecule has 0 radical (unpaired) electrons. The Hall–Kier alpha value is -2.98. The standard InChI is InChI=1S/C17H14N4O2S/c1-2-8-24-17-20-15(22)13-12(10-6-4-3-5-7-10)11(9-18)14(19)23-16(13)21-17/h2-7,12H,1,8,19H2,(H,20,21,22)/t12-/m1/s1. The van der Waals surface area contributed by atoms with E-state index >= 15 is 0 Å². The number of H-pyrrole nitrogens is 1. The van der Waals surface area contributed by atoms with Crippen LogP contribution in [0.2, 0.25) is 0 Å². The van der Waals surface area contributed by atoms with Crippen LogP contribution in [-0.4, -0.2) is 15.7 Å². The first-order valence-electron chi connectivity index (χ1n) is 7.16. The third kappa shape index (κ3) is 2.79. The molecule has 0 fully saturated rings. The van der Waals surface area contributed by atoms with Crippen molar-refractivity contribution < 1.29 is 4.74 Å². The molecule has 1 aromatic carbocycles. The summed E-state index contributed by atoms with van der Waals surface area (Å²) < 4.78 is 5.45. The molecule has 1 atom stereocenters. The first kappa shape index (κ1) is 15.9. The van der Waals surface area contributed by atoms with Crippen LogP contribution in [0.3, 0.4) is 0 Å². The molecule has 0 aliphatic carbocycles. The van der Waals surface area contributed by atoms with Crippen LogP contribution in [0.1, 0.15) is 17.0 Å². The minimum absolute atomic E-state index is 0.0309. The lowest BCUT2D eigenvalue weighted by atomic mass is 9.85. The molecule has 0 spiro atoms. The first-order valence-corrected chi connectivity index (χ1v) is 8.14. The van der Waals surface area contributed by atoms with Crippen LogP contribution in [0.15, 0.2) is 64.4 Å². The highest BCUT2D eigenvalue weighted by molar-refractivity contribution is 7.99. The molecule has 0 saturated carbocycles. The van der Waals surface area contributed by atoms with Crippen molar-refractivity contribution in [2.75, 3.05) is 5.75 Å². The zero-order chi connectivity index (χ0) is 17.1. The highest BCUT2D eigenvalue weighted by atomic mass is 32.2. The van der Waals surface area contributed by atoms with Crippen molar-refractivity contribution in [3.8, 4) is 11.9 Å². The van der Waals surface area contributed by atoms with E-state index in [-0.39, 0.29) is 28.5 Å². The van der Waals surface area contributed by atoms with Crippen LogP contribution in [0.5, 0.6) is 5.88 Å². The van der Waals surface area contributed by atoms with Crippen LogP contribution in [-0.2, 0) is 0 Å². The van der Waals surface area contributed by atoms with E-state index in [2.05, 4.69) is 16.5 Å². The second-order valence-corrected chi connectivity index (χ2v) is 6.03. The van der Waals surface area contributed by atoms with Crippen molar-refractivity contribution in [3.63, 3.8) is 0 Å². The predicted molar refractivity (Wildman–Crippen MR) is 91.5 cm³/mol. The van der Waals surface area contributed by atoms with E-state index in [1.54, 1.807) is 6.08 Å². The van der Waals surface area contributed by atoms with E-state index in [1.807, 2.05) is 36.4 Å². The van der Waals surface area contributed by atoms with E-state index in [0.717, 1.165) is 5.56 Å². The third-order valence-electron chi connectivity index (χ3n) is 3.54. The van der Waals surface area contributed by atoms with Gasteiger partial charge in [-0.05, 0) is 5.56 Å². The zero-order valence-corrected chi connectivity index (χ0v) is 13.5. The number of benzene rings is 1. The van der Waals surface area contributed by atoms with Gasteiger partial charge in [0.2, 0.25) is 11.8 Å². The summed E-state index contributed by atoms with van der Waals surface area (Å²) in [6.45, 7) is 3.64. The number of hydrogen-bond acceptors (Lipinski definition) is 6. The Morgan fingerprint density at radius 2 is 2.21 bits per heavy atom. The van der Waals surface area contributed by atoms with Gasteiger partial charge in [-0.3, -0.25) is 4.79 Å². The second kappa shape index (κ2) is 6.64. The van der Waals surface area contributed by atoms with Gasteiger partial charge >= 0.3 is 0 Å². The number of allylic oxidation sites excluding steroid dienone is 1. The Labute approximate surface area is 142 Å². The smallest absolute Gasteiger partial charge is 0.259 e. The molecule has 2 aromatic rings. The highest BCUT2D eigenvalue weighted by Gasteiger charge is 2.34. The quantitative estimate of drug-likeness (QED) is 0.503. The van der Waals surface area contributed by atoms with Gasteiger partial charge in [-0.1, -0.05) is 48.2 Å². The van der Waals surface area contributed by atoms with Crippen molar-refractivity contribution in [2.24, 2.45) is 5.73 Å². The summed E-state index contributed by atoms with van der Waals surface area (Å²) in [5, 5.41) is 9.88. The second-order valence-electron chi connectivity index (χ2n) is 5.03. The lowest BCUT2D eigenvalue weighted by Gasteiger charge is -2.24. The SMILES string of the molecule is C=CCSc1nc2c(c(=O)[nH]1)[C@H](c1ccccc1)C(C#N)=C(N)O2. The van der Waals surface area contributed by atoms with Crippen LogP contribution in [0, 0.1) is 11.3 Å². The van der Waals surface area contributed by atoms with Gasteiger partial charge in [0.25, 0.3) is 5.56 Å². The van der Waals surface area contributed by atoms with E-state index in [4.69, 9.17) is 10.5 Å². The number of thioether (sulfide) groups is 1. The first-order chi connectivity index (χ1) is 11.7. The Morgan fingerprint density at radius 1 is 1.46 bits per heavy atom. The minimum Gasteiger partial charge on any atom is -0.422 e. The van der Waals surface area contributed by atoms with Crippen LogP contribution >= 0.6 is 11.8 Å². The molecule has 120 valence electrons. The number of nitrogens with two attached hydrogens (primary N) is 1. The number of ether oxygens (including phenoxy) is 1. The van der Waals surface area contributed by atoms with Gasteiger partial charge in [0, 0.05) is 5.75 Å². The van der Waals surface area contributed by atoms with E-state index in [1.165, 1.54) is 11.8 Å². The maximum atomic E-state index is 12.6. The topological polar surface area (TPSA) is 105 Å². The summed E-state index contributed by atoms with van der Waals surface area (Å²) in [6, 6.07) is 11.3. The third-order valence-corrected chi connectivity index (χ3v) is 4.41. The molecule has 0 amide bonds. The van der Waals surface area contributed by atoms with Gasteiger partial charge in [-0.2, -0.15) is 10.2 Å². The maximum Gasteiger partial charge on any atom is 0.259 e. The summed E-state index contributed by atoms with van der Waals surface area (Å²) in [6.07, 6.45) is 1.71. The van der Waals surface area contributed by atoms with Crippen molar-refractivity contribution in [3.05, 3.63) is 75.9 Å². The van der Waals surface area contributed by atoms with Crippen molar-refractivity contribution in [1.82, 2.24) is 9.97 Å². The number of fused-ring (bicyclic) bond motifs is 1. The van der Waals surface area contributed by atoms with Crippen molar-refractivity contribution in [2.45, 2.75) is 11.1 Å². The number of nitrogens with one attached hydrogen (secondary N) is 1. The van der Waals surface area contributed by atoms with Crippen LogP contribution in [0.4, 0.5) is 0 Å². The average Bonchev–Trinajstić information content (AvgIpc) is 2.59. The molecule has 6 nitrogen and oxygen atoms in total. The normalized spacial score (nSPS) is 16.0. The van der Waals surface area contributed by atoms with E-state index < -0.39 is 5.92 Å². The molecule has 2 heterocycles. The van der Waals surface area contributed by atoms with E-state index in [0.29, 0.717) is 10.9 Å². The van der Waals surface area contributed by atoms with Crippen LogP contribution in [0.25, 0.3) is 0 Å². The maximum absolute atomic E-state index is 12.6. The monoisotopic (exact) mass is 338 g/mol. The lowest BCUT2D eigenvalue weighted by Crippen LogP contribution is -2.29. The molecule has 7 heteroatoms. The molecule has 1 aromatic heterocycles. The summed E-state index contributed by atoms with van der Waals surface area (Å²) in [4.78, 5) is 19.7. The van der Waals surface area contributed by atoms with Gasteiger partial charge in [-0.15, -0.1) is 6.58 Å². The zero-order valence-electron chi connectivity index (χ0n) is 12.7. The van der Waals surface area contributed by atoms with Gasteiger partial charge < -0.3 is 15.5 Å². The fourth-order valence-corrected chi connectivity index (χ4v) is 3.11. The lowest BCUT2D eigenvalue weighted by molar-refractivity contribution is 0.370. The number of hydrogen-bond donors (Lipinski definition) is 2. The summed E-state index contributed by atoms with van der Waals surface area (Å²) in [5.74, 6) is 0.0976. The summed E-state index contributed by atoms with van der Waals surface area (Å²) in [5.41, 5.74) is 6.81. The molecule has 1 aliphatic heterocycles. The molecule has 3 rings (SSSR count). The fraction of sp³-hybridized carbons (Fsp3) is 0.118. The number of nitrogens with zero attached hydrogens (tertiary/aromatic N) is 2. The molecule has 0 bridgehead atoms. The molecular formula is C17H14N4O2S. The Kier molecular flexibility index (Phi) is 4.40. The summed E-state index contributed by atoms with van der Waals surface area (Å²) in [7, 11) is 0. The molecule has 24 heavy (non-hydrogen) atoms. The number of rotatable bonds is 4.